The Morgan fingerprint density at radius 1 is 1.40 bits per heavy atom. The van der Waals surface area contributed by atoms with Gasteiger partial charge in [-0.05, 0) is 0 Å². The number of aromatic nitrogens is 2. The number of nitrogens with zero attached hydrogens (tertiary/aromatic N) is 2. The predicted octanol–water partition coefficient (Wildman–Crippen LogP) is 1.27. The number of methoxy groups -OCH3 is 2. The van der Waals surface area contributed by atoms with E-state index in [1.807, 2.05) is 0 Å². The Balaban J connectivity index is 2.76. The van der Waals surface area contributed by atoms with Crippen LogP contribution in [0.15, 0.2) is 11.4 Å². The molecule has 1 aromatic rings. The first kappa shape index (κ1) is 12.1. The van der Waals surface area contributed by atoms with Gasteiger partial charge in [0.15, 0.2) is 11.6 Å². The van der Waals surface area contributed by atoms with E-state index in [0.717, 1.165) is 10.8 Å². The van der Waals surface area contributed by atoms with Gasteiger partial charge in [-0.25, -0.2) is 9.97 Å². The molecule has 0 saturated carbocycles. The summed E-state index contributed by atoms with van der Waals surface area (Å²) in [7, 11) is 5.09. The lowest BCUT2D eigenvalue weighted by Gasteiger charge is -2.10. The summed E-state index contributed by atoms with van der Waals surface area (Å²) in [4.78, 5) is 8.23. The van der Waals surface area contributed by atoms with E-state index >= 15 is 0 Å². The van der Waals surface area contributed by atoms with Crippen LogP contribution in [0.1, 0.15) is 0 Å². The lowest BCUT2D eigenvalue weighted by atomic mass is 10.5. The molecule has 1 aromatic heterocycles. The Morgan fingerprint density at radius 2 is 2.20 bits per heavy atom. The third kappa shape index (κ3) is 3.24. The topological polar surface area (TPSA) is 56.3 Å². The molecule has 0 saturated heterocycles. The number of thioether (sulfide) groups is 1. The summed E-state index contributed by atoms with van der Waals surface area (Å²) in [6.45, 7) is 0.687. The van der Waals surface area contributed by atoms with Crippen LogP contribution in [0.3, 0.4) is 0 Å². The highest BCUT2D eigenvalue weighted by molar-refractivity contribution is 7.99. The molecule has 0 aliphatic heterocycles. The minimum atomic E-state index is 0.682. The number of anilines is 1. The Bertz CT molecular complexity index is 309. The highest BCUT2D eigenvalue weighted by Crippen LogP contribution is 2.31. The monoisotopic (exact) mass is 229 g/mol. The molecule has 0 aliphatic carbocycles. The number of rotatable bonds is 6. The first-order valence-corrected chi connectivity index (χ1v) is 5.50. The molecule has 0 spiro atoms. The van der Waals surface area contributed by atoms with Crippen LogP contribution in [0.25, 0.3) is 0 Å². The number of hydrogen-bond acceptors (Lipinski definition) is 6. The zero-order valence-electron chi connectivity index (χ0n) is 9.11. The summed E-state index contributed by atoms with van der Waals surface area (Å²) in [6.07, 6.45) is 1.52. The van der Waals surface area contributed by atoms with E-state index in [9.17, 15) is 0 Å². The van der Waals surface area contributed by atoms with E-state index in [1.54, 1.807) is 33.0 Å². The molecule has 0 atom stereocenters. The van der Waals surface area contributed by atoms with Crippen molar-refractivity contribution in [3.8, 4) is 5.75 Å². The molecule has 0 aliphatic rings. The van der Waals surface area contributed by atoms with Gasteiger partial charge in [0.25, 0.3) is 0 Å². The van der Waals surface area contributed by atoms with Crippen molar-refractivity contribution in [1.82, 2.24) is 9.97 Å². The normalized spacial score (nSPS) is 10.1. The molecule has 0 bridgehead atoms. The van der Waals surface area contributed by atoms with Crippen molar-refractivity contribution in [1.29, 1.82) is 0 Å². The summed E-state index contributed by atoms with van der Waals surface area (Å²) >= 11 is 1.58. The SMILES string of the molecule is CNc1ncnc(SCCOC)c1OC. The average Bonchev–Trinajstić information content (AvgIpc) is 2.29. The first-order valence-electron chi connectivity index (χ1n) is 4.52. The highest BCUT2D eigenvalue weighted by atomic mass is 32.2. The fraction of sp³-hybridized carbons (Fsp3) is 0.556. The van der Waals surface area contributed by atoms with Crippen molar-refractivity contribution < 1.29 is 9.47 Å². The molecular formula is C9H15N3O2S. The van der Waals surface area contributed by atoms with Gasteiger partial charge in [-0.2, -0.15) is 0 Å². The molecular weight excluding hydrogens is 214 g/mol. The molecule has 0 radical (unpaired) electrons. The fourth-order valence-electron chi connectivity index (χ4n) is 1.04. The molecule has 0 fully saturated rings. The summed E-state index contributed by atoms with van der Waals surface area (Å²) in [5.74, 6) is 2.22. The maximum Gasteiger partial charge on any atom is 0.193 e. The summed E-state index contributed by atoms with van der Waals surface area (Å²) in [5.41, 5.74) is 0. The van der Waals surface area contributed by atoms with E-state index in [4.69, 9.17) is 9.47 Å². The lowest BCUT2D eigenvalue weighted by Crippen LogP contribution is -2.01. The van der Waals surface area contributed by atoms with Gasteiger partial charge in [0, 0.05) is 19.9 Å². The minimum Gasteiger partial charge on any atom is -0.490 e. The third-order valence-electron chi connectivity index (χ3n) is 1.74. The Morgan fingerprint density at radius 3 is 2.80 bits per heavy atom. The molecule has 0 amide bonds. The summed E-state index contributed by atoms with van der Waals surface area (Å²) < 4.78 is 10.2. The van der Waals surface area contributed by atoms with Crippen LogP contribution in [0.2, 0.25) is 0 Å². The van der Waals surface area contributed by atoms with Crippen LogP contribution in [-0.2, 0) is 4.74 Å². The zero-order valence-corrected chi connectivity index (χ0v) is 9.93. The van der Waals surface area contributed by atoms with Gasteiger partial charge in [-0.15, -0.1) is 11.8 Å². The van der Waals surface area contributed by atoms with E-state index in [-0.39, 0.29) is 0 Å². The molecule has 5 nitrogen and oxygen atoms in total. The predicted molar refractivity (Wildman–Crippen MR) is 60.7 cm³/mol. The third-order valence-corrected chi connectivity index (χ3v) is 2.67. The summed E-state index contributed by atoms with van der Waals surface area (Å²) in [5, 5.41) is 3.78. The van der Waals surface area contributed by atoms with Crippen LogP contribution in [0.4, 0.5) is 5.82 Å². The van der Waals surface area contributed by atoms with E-state index < -0.39 is 0 Å². The molecule has 84 valence electrons. The van der Waals surface area contributed by atoms with Crippen molar-refractivity contribution >= 4 is 17.6 Å². The van der Waals surface area contributed by atoms with E-state index in [1.165, 1.54) is 6.33 Å². The van der Waals surface area contributed by atoms with E-state index in [0.29, 0.717) is 18.2 Å². The van der Waals surface area contributed by atoms with Crippen molar-refractivity contribution in [2.45, 2.75) is 5.03 Å². The Kier molecular flexibility index (Phi) is 5.20. The van der Waals surface area contributed by atoms with Crippen molar-refractivity contribution in [3.63, 3.8) is 0 Å². The van der Waals surface area contributed by atoms with Gasteiger partial charge in [0.1, 0.15) is 11.4 Å². The van der Waals surface area contributed by atoms with Gasteiger partial charge < -0.3 is 14.8 Å². The molecule has 1 heterocycles. The van der Waals surface area contributed by atoms with Crippen LogP contribution in [-0.4, -0.2) is 43.6 Å². The van der Waals surface area contributed by atoms with Crippen molar-refractivity contribution in [3.05, 3.63) is 6.33 Å². The molecule has 1 rings (SSSR count). The molecule has 0 unspecified atom stereocenters. The Labute approximate surface area is 93.6 Å². The van der Waals surface area contributed by atoms with Crippen molar-refractivity contribution in [2.75, 3.05) is 38.9 Å². The maximum atomic E-state index is 5.25. The van der Waals surface area contributed by atoms with Crippen LogP contribution >= 0.6 is 11.8 Å². The molecule has 0 aromatic carbocycles. The second-order valence-corrected chi connectivity index (χ2v) is 3.74. The van der Waals surface area contributed by atoms with Gasteiger partial charge in [-0.3, -0.25) is 0 Å². The largest absolute Gasteiger partial charge is 0.490 e. The first-order chi connectivity index (χ1) is 7.33. The smallest absolute Gasteiger partial charge is 0.193 e. The molecule has 6 heteroatoms. The Hall–Kier alpha value is -1.01. The van der Waals surface area contributed by atoms with Gasteiger partial charge >= 0.3 is 0 Å². The molecule has 1 N–H and O–H groups in total. The van der Waals surface area contributed by atoms with E-state index in [2.05, 4.69) is 15.3 Å². The fourth-order valence-corrected chi connectivity index (χ4v) is 1.92. The van der Waals surface area contributed by atoms with Crippen LogP contribution in [0, 0.1) is 0 Å². The second-order valence-electron chi connectivity index (χ2n) is 2.65. The van der Waals surface area contributed by atoms with Crippen LogP contribution < -0.4 is 10.1 Å². The minimum absolute atomic E-state index is 0.682. The standard InChI is InChI=1S/C9H15N3O2S/c1-10-8-7(14-3)9(12-6-11-8)15-5-4-13-2/h6H,4-5H2,1-3H3,(H,10,11,12). The van der Waals surface area contributed by atoms with Gasteiger partial charge in [0.2, 0.25) is 0 Å². The average molecular weight is 229 g/mol. The summed E-state index contributed by atoms with van der Waals surface area (Å²) in [6, 6.07) is 0. The lowest BCUT2D eigenvalue weighted by molar-refractivity contribution is 0.218. The van der Waals surface area contributed by atoms with Gasteiger partial charge in [0.05, 0.1) is 13.7 Å². The number of hydrogen-bond donors (Lipinski definition) is 1. The zero-order chi connectivity index (χ0) is 11.1. The second kappa shape index (κ2) is 6.47. The maximum absolute atomic E-state index is 5.25. The number of nitrogens with one attached hydrogen (secondary N) is 1. The van der Waals surface area contributed by atoms with Crippen LogP contribution in [0.5, 0.6) is 5.75 Å². The molecule has 15 heavy (non-hydrogen) atoms. The highest BCUT2D eigenvalue weighted by Gasteiger charge is 2.10. The number of ether oxygens (including phenoxy) is 2. The van der Waals surface area contributed by atoms with Gasteiger partial charge in [-0.1, -0.05) is 0 Å². The van der Waals surface area contributed by atoms with Crippen molar-refractivity contribution in [2.24, 2.45) is 0 Å². The quantitative estimate of drug-likeness (QED) is 0.450.